The summed E-state index contributed by atoms with van der Waals surface area (Å²) in [5.41, 5.74) is 1.14. The molecule has 0 heterocycles. The highest BCUT2D eigenvalue weighted by molar-refractivity contribution is 5.39. The summed E-state index contributed by atoms with van der Waals surface area (Å²) < 4.78 is 0. The van der Waals surface area contributed by atoms with Gasteiger partial charge in [0.1, 0.15) is 5.75 Å². The molecule has 1 aliphatic rings. The number of hydrogen-bond acceptors (Lipinski definition) is 2. The summed E-state index contributed by atoms with van der Waals surface area (Å²) in [6.45, 7) is 6.94. The molecule has 1 aromatic rings. The number of phenolic OH excluding ortho intramolecular Hbond substituents is 1. The molecule has 0 radical (unpaired) electrons. The summed E-state index contributed by atoms with van der Waals surface area (Å²) in [7, 11) is 0. The number of aromatic hydroxyl groups is 1. The third-order valence-electron chi connectivity index (χ3n) is 4.16. The van der Waals surface area contributed by atoms with E-state index in [2.05, 4.69) is 24.8 Å². The van der Waals surface area contributed by atoms with Crippen molar-refractivity contribution in [3.63, 3.8) is 0 Å². The van der Waals surface area contributed by atoms with Crippen molar-refractivity contribution in [2.75, 3.05) is 13.1 Å². The highest BCUT2D eigenvalue weighted by Gasteiger charge is 2.43. The first-order valence-electron chi connectivity index (χ1n) is 7.79. The highest BCUT2D eigenvalue weighted by atomic mass is 16.3. The van der Waals surface area contributed by atoms with Crippen molar-refractivity contribution in [2.45, 2.75) is 57.9 Å². The second kappa shape index (κ2) is 6.95. The summed E-state index contributed by atoms with van der Waals surface area (Å²) in [6.07, 6.45) is 6.31. The predicted octanol–water partition coefficient (Wildman–Crippen LogP) is 4.15. The molecular formula is C17H27NO. The van der Waals surface area contributed by atoms with E-state index in [1.807, 2.05) is 18.2 Å². The predicted molar refractivity (Wildman–Crippen MR) is 80.6 cm³/mol. The maximum absolute atomic E-state index is 9.95. The third kappa shape index (κ3) is 3.73. The van der Waals surface area contributed by atoms with E-state index in [9.17, 15) is 5.11 Å². The summed E-state index contributed by atoms with van der Waals surface area (Å²) in [4.78, 5) is 2.64. The molecule has 2 rings (SSSR count). The monoisotopic (exact) mass is 261 g/mol. The molecule has 1 saturated carbocycles. The zero-order valence-electron chi connectivity index (χ0n) is 12.3. The van der Waals surface area contributed by atoms with Crippen LogP contribution >= 0.6 is 0 Å². The topological polar surface area (TPSA) is 23.5 Å². The maximum Gasteiger partial charge on any atom is 0.119 e. The van der Waals surface area contributed by atoms with Gasteiger partial charge in [-0.15, -0.1) is 0 Å². The lowest BCUT2D eigenvalue weighted by atomic mass is 10.1. The van der Waals surface area contributed by atoms with Crippen molar-refractivity contribution >= 4 is 0 Å². The molecule has 2 atom stereocenters. The third-order valence-corrected chi connectivity index (χ3v) is 4.16. The Morgan fingerprint density at radius 3 is 2.32 bits per heavy atom. The van der Waals surface area contributed by atoms with Crippen molar-refractivity contribution in [1.82, 2.24) is 4.90 Å². The van der Waals surface area contributed by atoms with E-state index in [4.69, 9.17) is 0 Å². The fourth-order valence-corrected chi connectivity index (χ4v) is 2.89. The Kier molecular flexibility index (Phi) is 5.26. The molecule has 1 aromatic carbocycles. The van der Waals surface area contributed by atoms with Gasteiger partial charge < -0.3 is 5.11 Å². The van der Waals surface area contributed by atoms with Gasteiger partial charge in [0.15, 0.2) is 0 Å². The van der Waals surface area contributed by atoms with Crippen molar-refractivity contribution in [1.29, 1.82) is 0 Å². The number of nitrogens with zero attached hydrogens (tertiary/aromatic N) is 1. The van der Waals surface area contributed by atoms with Crippen LogP contribution in [0.25, 0.3) is 0 Å². The first-order chi connectivity index (χ1) is 9.27. The van der Waals surface area contributed by atoms with Gasteiger partial charge in [-0.05, 0) is 44.0 Å². The smallest absolute Gasteiger partial charge is 0.119 e. The van der Waals surface area contributed by atoms with Crippen molar-refractivity contribution in [2.24, 2.45) is 0 Å². The van der Waals surface area contributed by atoms with E-state index < -0.39 is 0 Å². The fraction of sp³-hybridized carbons (Fsp3) is 0.647. The summed E-state index contributed by atoms with van der Waals surface area (Å²) in [5.74, 6) is 1.02. The molecule has 0 unspecified atom stereocenters. The van der Waals surface area contributed by atoms with Crippen LogP contribution in [0.1, 0.15) is 57.4 Å². The van der Waals surface area contributed by atoms with Crippen LogP contribution in [0, 0.1) is 0 Å². The quantitative estimate of drug-likeness (QED) is 0.760. The van der Waals surface area contributed by atoms with E-state index in [1.54, 1.807) is 0 Å². The SMILES string of the molecule is CCCCN(CCCC)[C@H]1C[C@@H]1c1ccccc1O. The zero-order valence-corrected chi connectivity index (χ0v) is 12.3. The molecule has 0 amide bonds. The van der Waals surface area contributed by atoms with Gasteiger partial charge in [0.25, 0.3) is 0 Å². The van der Waals surface area contributed by atoms with Crippen LogP contribution in [-0.4, -0.2) is 29.1 Å². The van der Waals surface area contributed by atoms with Crippen LogP contribution in [0.4, 0.5) is 0 Å². The Balaban J connectivity index is 1.95. The lowest BCUT2D eigenvalue weighted by Crippen LogP contribution is -2.29. The lowest BCUT2D eigenvalue weighted by Gasteiger charge is -2.22. The molecule has 0 spiro atoms. The van der Waals surface area contributed by atoms with Gasteiger partial charge in [-0.2, -0.15) is 0 Å². The normalized spacial score (nSPS) is 21.8. The number of phenols is 1. The van der Waals surface area contributed by atoms with Crippen molar-refractivity contribution < 1.29 is 5.11 Å². The second-order valence-electron chi connectivity index (χ2n) is 5.71. The first-order valence-corrected chi connectivity index (χ1v) is 7.79. The zero-order chi connectivity index (χ0) is 13.7. The number of benzene rings is 1. The van der Waals surface area contributed by atoms with Crippen LogP contribution in [0.5, 0.6) is 5.75 Å². The van der Waals surface area contributed by atoms with Gasteiger partial charge in [0.2, 0.25) is 0 Å². The van der Waals surface area contributed by atoms with Gasteiger partial charge in [-0.25, -0.2) is 0 Å². The lowest BCUT2D eigenvalue weighted by molar-refractivity contribution is 0.250. The Bertz CT molecular complexity index is 383. The van der Waals surface area contributed by atoms with E-state index in [-0.39, 0.29) is 0 Å². The molecule has 1 N–H and O–H groups in total. The maximum atomic E-state index is 9.95. The Hall–Kier alpha value is -1.02. The summed E-state index contributed by atoms with van der Waals surface area (Å²) in [5, 5.41) is 9.95. The minimum absolute atomic E-state index is 0.473. The number of unbranched alkanes of at least 4 members (excludes halogenated alkanes) is 2. The number of hydrogen-bond donors (Lipinski definition) is 1. The Labute approximate surface area is 117 Å². The molecule has 19 heavy (non-hydrogen) atoms. The van der Waals surface area contributed by atoms with Crippen molar-refractivity contribution in [3.05, 3.63) is 29.8 Å². The van der Waals surface area contributed by atoms with E-state index in [0.29, 0.717) is 17.7 Å². The molecule has 1 aliphatic carbocycles. The van der Waals surface area contributed by atoms with Gasteiger partial charge in [-0.1, -0.05) is 44.9 Å². The number of para-hydroxylation sites is 1. The van der Waals surface area contributed by atoms with Gasteiger partial charge in [0, 0.05) is 12.0 Å². The molecule has 0 aromatic heterocycles. The minimum Gasteiger partial charge on any atom is -0.508 e. The van der Waals surface area contributed by atoms with Crippen molar-refractivity contribution in [3.8, 4) is 5.75 Å². The molecule has 1 fully saturated rings. The van der Waals surface area contributed by atoms with Crippen LogP contribution in [0.15, 0.2) is 24.3 Å². The average Bonchev–Trinajstić information content (AvgIpc) is 3.20. The fourth-order valence-electron chi connectivity index (χ4n) is 2.89. The average molecular weight is 261 g/mol. The van der Waals surface area contributed by atoms with Gasteiger partial charge in [0.05, 0.1) is 0 Å². The van der Waals surface area contributed by atoms with Gasteiger partial charge >= 0.3 is 0 Å². The van der Waals surface area contributed by atoms with E-state index in [1.165, 1.54) is 45.2 Å². The van der Waals surface area contributed by atoms with E-state index in [0.717, 1.165) is 5.56 Å². The highest BCUT2D eigenvalue weighted by Crippen LogP contribution is 2.47. The first kappa shape index (κ1) is 14.4. The Morgan fingerprint density at radius 1 is 1.11 bits per heavy atom. The molecular weight excluding hydrogens is 234 g/mol. The Morgan fingerprint density at radius 2 is 1.74 bits per heavy atom. The van der Waals surface area contributed by atoms with Crippen LogP contribution < -0.4 is 0 Å². The molecule has 0 aliphatic heterocycles. The van der Waals surface area contributed by atoms with E-state index >= 15 is 0 Å². The summed E-state index contributed by atoms with van der Waals surface area (Å²) in [6, 6.07) is 8.49. The molecule has 106 valence electrons. The van der Waals surface area contributed by atoms with Gasteiger partial charge in [-0.3, -0.25) is 4.90 Å². The standard InChI is InChI=1S/C17H27NO/c1-3-5-11-18(12-6-4-2)16-13-15(16)14-9-7-8-10-17(14)19/h7-10,15-16,19H,3-6,11-13H2,1-2H3/t15-,16+/m1/s1. The molecule has 0 bridgehead atoms. The summed E-state index contributed by atoms with van der Waals surface area (Å²) >= 11 is 0. The van der Waals surface area contributed by atoms with Crippen LogP contribution in [0.3, 0.4) is 0 Å². The molecule has 2 nitrogen and oxygen atoms in total. The second-order valence-corrected chi connectivity index (χ2v) is 5.71. The minimum atomic E-state index is 0.473. The van der Waals surface area contributed by atoms with Crippen LogP contribution in [-0.2, 0) is 0 Å². The molecule has 0 saturated heterocycles. The number of rotatable bonds is 8. The largest absolute Gasteiger partial charge is 0.508 e. The van der Waals surface area contributed by atoms with Crippen LogP contribution in [0.2, 0.25) is 0 Å². The molecule has 2 heteroatoms.